The second kappa shape index (κ2) is 8.17. The molecule has 1 aliphatic rings. The second-order valence-electron chi connectivity index (χ2n) is 8.65. The molecule has 0 bridgehead atoms. The molecule has 31 heavy (non-hydrogen) atoms. The van der Waals surface area contributed by atoms with Crippen molar-refractivity contribution >= 4 is 33.3 Å². The van der Waals surface area contributed by atoms with Crippen LogP contribution in [0.5, 0.6) is 0 Å². The summed E-state index contributed by atoms with van der Waals surface area (Å²) < 4.78 is 0. The molecule has 0 saturated carbocycles. The van der Waals surface area contributed by atoms with E-state index in [0.717, 1.165) is 60.3 Å². The maximum Gasteiger partial charge on any atom is 0.272 e. The number of carbonyl (C=O) groups excluding carboxylic acids is 1. The van der Waals surface area contributed by atoms with Crippen molar-refractivity contribution in [1.82, 2.24) is 14.8 Å². The third kappa shape index (κ3) is 4.20. The Balaban J connectivity index is 1.34. The van der Waals surface area contributed by atoms with Crippen molar-refractivity contribution in [3.05, 3.63) is 77.5 Å². The number of carbonyl (C=O) groups is 1. The lowest BCUT2D eigenvalue weighted by molar-refractivity contribution is 0.102. The van der Waals surface area contributed by atoms with E-state index < -0.39 is 0 Å². The first kappa shape index (κ1) is 19.8. The number of nitrogens with zero attached hydrogens (tertiary/aromatic N) is 2. The molecule has 5 nitrogen and oxygen atoms in total. The molecule has 0 atom stereocenters. The number of aromatic nitrogens is 1. The van der Waals surface area contributed by atoms with Gasteiger partial charge in [-0.2, -0.15) is 0 Å². The predicted molar refractivity (Wildman–Crippen MR) is 128 cm³/mol. The fraction of sp³-hybridized carbons (Fsp3) is 0.269. The number of para-hydroxylation sites is 1. The second-order valence-corrected chi connectivity index (χ2v) is 8.65. The van der Waals surface area contributed by atoms with Crippen LogP contribution >= 0.6 is 0 Å². The van der Waals surface area contributed by atoms with Crippen molar-refractivity contribution < 1.29 is 4.79 Å². The number of rotatable bonds is 4. The van der Waals surface area contributed by atoms with Crippen LogP contribution in [-0.2, 0) is 6.54 Å². The number of anilines is 1. The maximum absolute atomic E-state index is 12.8. The molecule has 1 fully saturated rings. The molecule has 5 rings (SSSR count). The zero-order valence-corrected chi connectivity index (χ0v) is 18.1. The number of aryl methyl sites for hydroxylation is 1. The SMILES string of the molecule is Cc1cccc2cc(C(=O)Nc3ccc4ccc(CN5CCN(C)CC5)cc4c3)[nH]c12. The summed E-state index contributed by atoms with van der Waals surface area (Å²) in [7, 11) is 2.18. The number of hydrogen-bond donors (Lipinski definition) is 2. The van der Waals surface area contributed by atoms with Crippen LogP contribution in [0.2, 0.25) is 0 Å². The first-order chi connectivity index (χ1) is 15.0. The lowest BCUT2D eigenvalue weighted by atomic mass is 10.1. The van der Waals surface area contributed by atoms with Crippen molar-refractivity contribution in [2.24, 2.45) is 0 Å². The Hall–Kier alpha value is -3.15. The van der Waals surface area contributed by atoms with E-state index in [1.807, 2.05) is 37.3 Å². The van der Waals surface area contributed by atoms with Gasteiger partial charge in [-0.25, -0.2) is 0 Å². The average Bonchev–Trinajstić information content (AvgIpc) is 3.21. The van der Waals surface area contributed by atoms with Gasteiger partial charge < -0.3 is 15.2 Å². The van der Waals surface area contributed by atoms with Gasteiger partial charge in [0.15, 0.2) is 0 Å². The average molecular weight is 413 g/mol. The molecule has 1 aromatic heterocycles. The van der Waals surface area contributed by atoms with Crippen LogP contribution in [0.4, 0.5) is 5.69 Å². The van der Waals surface area contributed by atoms with Gasteiger partial charge in [-0.3, -0.25) is 9.69 Å². The largest absolute Gasteiger partial charge is 0.350 e. The summed E-state index contributed by atoms with van der Waals surface area (Å²) in [6.07, 6.45) is 0. The number of likely N-dealkylation sites (N-methyl/N-ethyl adjacent to an activating group) is 1. The topological polar surface area (TPSA) is 51.4 Å². The molecule has 1 amide bonds. The zero-order valence-electron chi connectivity index (χ0n) is 18.1. The quantitative estimate of drug-likeness (QED) is 0.514. The Bertz CT molecular complexity index is 1250. The molecule has 2 N–H and O–H groups in total. The normalized spacial score (nSPS) is 15.5. The third-order valence-corrected chi connectivity index (χ3v) is 6.27. The zero-order chi connectivity index (χ0) is 21.4. The minimum atomic E-state index is -0.122. The van der Waals surface area contributed by atoms with E-state index in [0.29, 0.717) is 5.69 Å². The number of benzene rings is 3. The molecule has 1 saturated heterocycles. The highest BCUT2D eigenvalue weighted by Gasteiger charge is 2.14. The molecule has 1 aliphatic heterocycles. The molecule has 4 aromatic rings. The highest BCUT2D eigenvalue weighted by molar-refractivity contribution is 6.07. The van der Waals surface area contributed by atoms with Crippen molar-refractivity contribution in [2.45, 2.75) is 13.5 Å². The molecule has 5 heteroatoms. The number of hydrogen-bond acceptors (Lipinski definition) is 3. The van der Waals surface area contributed by atoms with Gasteiger partial charge in [0.2, 0.25) is 0 Å². The van der Waals surface area contributed by atoms with Crippen LogP contribution in [0.3, 0.4) is 0 Å². The number of piperazine rings is 1. The summed E-state index contributed by atoms with van der Waals surface area (Å²) >= 11 is 0. The van der Waals surface area contributed by atoms with Crippen LogP contribution in [0.15, 0.2) is 60.7 Å². The van der Waals surface area contributed by atoms with E-state index in [1.54, 1.807) is 0 Å². The Labute approximate surface area is 182 Å². The van der Waals surface area contributed by atoms with Gasteiger partial charge in [-0.05, 0) is 60.1 Å². The van der Waals surface area contributed by atoms with Gasteiger partial charge in [-0.1, -0.05) is 36.4 Å². The molecular formula is C26H28N4O. The van der Waals surface area contributed by atoms with E-state index in [-0.39, 0.29) is 5.91 Å². The number of fused-ring (bicyclic) bond motifs is 2. The Morgan fingerprint density at radius 2 is 1.74 bits per heavy atom. The molecule has 3 aromatic carbocycles. The van der Waals surface area contributed by atoms with Crippen LogP contribution in [0.1, 0.15) is 21.6 Å². The molecule has 158 valence electrons. The van der Waals surface area contributed by atoms with Gasteiger partial charge in [0.1, 0.15) is 5.69 Å². The lowest BCUT2D eigenvalue weighted by Crippen LogP contribution is -2.43. The maximum atomic E-state index is 12.8. The van der Waals surface area contributed by atoms with Crippen molar-refractivity contribution in [1.29, 1.82) is 0 Å². The number of nitrogens with one attached hydrogen (secondary N) is 2. The molecule has 0 unspecified atom stereocenters. The molecule has 0 aliphatic carbocycles. The summed E-state index contributed by atoms with van der Waals surface area (Å²) in [5, 5.41) is 6.44. The number of H-pyrrole nitrogens is 1. The summed E-state index contributed by atoms with van der Waals surface area (Å²) in [6.45, 7) is 7.47. The number of aromatic amines is 1. The summed E-state index contributed by atoms with van der Waals surface area (Å²) in [5.41, 5.74) is 4.85. The van der Waals surface area contributed by atoms with Crippen LogP contribution in [0.25, 0.3) is 21.7 Å². The van der Waals surface area contributed by atoms with Crippen molar-refractivity contribution in [2.75, 3.05) is 38.5 Å². The molecule has 0 spiro atoms. The smallest absolute Gasteiger partial charge is 0.272 e. The van der Waals surface area contributed by atoms with E-state index in [2.05, 4.69) is 57.5 Å². The lowest BCUT2D eigenvalue weighted by Gasteiger charge is -2.32. The van der Waals surface area contributed by atoms with E-state index in [1.165, 1.54) is 10.9 Å². The van der Waals surface area contributed by atoms with E-state index >= 15 is 0 Å². The minimum absolute atomic E-state index is 0.122. The van der Waals surface area contributed by atoms with Gasteiger partial charge in [-0.15, -0.1) is 0 Å². The highest BCUT2D eigenvalue weighted by atomic mass is 16.1. The highest BCUT2D eigenvalue weighted by Crippen LogP contribution is 2.23. The molecule has 2 heterocycles. The van der Waals surface area contributed by atoms with Crippen molar-refractivity contribution in [3.8, 4) is 0 Å². The van der Waals surface area contributed by atoms with E-state index in [9.17, 15) is 4.79 Å². The van der Waals surface area contributed by atoms with Crippen LogP contribution in [0, 0.1) is 6.92 Å². The fourth-order valence-electron chi connectivity index (χ4n) is 4.36. The predicted octanol–water partition coefficient (Wildman–Crippen LogP) is 4.63. The van der Waals surface area contributed by atoms with Gasteiger partial charge in [0.25, 0.3) is 5.91 Å². The Morgan fingerprint density at radius 1 is 0.935 bits per heavy atom. The van der Waals surface area contributed by atoms with E-state index in [4.69, 9.17) is 0 Å². The first-order valence-electron chi connectivity index (χ1n) is 10.9. The summed E-state index contributed by atoms with van der Waals surface area (Å²) in [5.74, 6) is -0.122. The Morgan fingerprint density at radius 3 is 2.55 bits per heavy atom. The minimum Gasteiger partial charge on any atom is -0.350 e. The third-order valence-electron chi connectivity index (χ3n) is 6.27. The number of amides is 1. The summed E-state index contributed by atoms with van der Waals surface area (Å²) in [4.78, 5) is 21.0. The Kier molecular flexibility index (Phi) is 5.22. The van der Waals surface area contributed by atoms with Gasteiger partial charge in [0.05, 0.1) is 0 Å². The van der Waals surface area contributed by atoms with Crippen LogP contribution in [-0.4, -0.2) is 53.9 Å². The monoisotopic (exact) mass is 412 g/mol. The standard InChI is InChI=1S/C26H28N4O/c1-18-4-3-5-21-16-24(28-25(18)21)26(31)27-23-9-8-20-7-6-19(14-22(20)15-23)17-30-12-10-29(2)11-13-30/h3-9,14-16,28H,10-13,17H2,1-2H3,(H,27,31). The summed E-state index contributed by atoms with van der Waals surface area (Å²) in [6, 6.07) is 20.7. The van der Waals surface area contributed by atoms with Gasteiger partial charge >= 0.3 is 0 Å². The first-order valence-corrected chi connectivity index (χ1v) is 10.9. The van der Waals surface area contributed by atoms with Crippen molar-refractivity contribution in [3.63, 3.8) is 0 Å². The fourth-order valence-corrected chi connectivity index (χ4v) is 4.36. The molecular weight excluding hydrogens is 384 g/mol. The van der Waals surface area contributed by atoms with Crippen LogP contribution < -0.4 is 5.32 Å². The molecule has 0 radical (unpaired) electrons. The van der Waals surface area contributed by atoms with Gasteiger partial charge in [0, 0.05) is 49.3 Å².